The van der Waals surface area contributed by atoms with E-state index in [-0.39, 0.29) is 11.5 Å². The highest BCUT2D eigenvalue weighted by molar-refractivity contribution is 6.74. The van der Waals surface area contributed by atoms with Gasteiger partial charge in [0.25, 0.3) is 5.56 Å². The summed E-state index contributed by atoms with van der Waals surface area (Å²) in [6.45, 7) is 12.6. The molecule has 1 aromatic rings. The number of aliphatic hydroxyl groups excluding tert-OH is 1. The van der Waals surface area contributed by atoms with Crippen LogP contribution in [0.5, 0.6) is 0 Å². The Morgan fingerprint density at radius 3 is 2.62 bits per heavy atom. The van der Waals surface area contributed by atoms with Crippen molar-refractivity contribution in [1.29, 1.82) is 0 Å². The summed E-state index contributed by atoms with van der Waals surface area (Å²) in [5.74, 6) is 0. The lowest BCUT2D eigenvalue weighted by Gasteiger charge is -2.37. The fourth-order valence-corrected chi connectivity index (χ4v) is 3.36. The zero-order chi connectivity index (χ0) is 18.3. The maximum Gasteiger partial charge on any atom is 0.330 e. The fraction of sp³-hybridized carbons (Fsp3) is 0.750. The van der Waals surface area contributed by atoms with Crippen molar-refractivity contribution >= 4 is 8.32 Å². The van der Waals surface area contributed by atoms with Crippen LogP contribution in [0.1, 0.15) is 39.0 Å². The molecule has 1 aromatic heterocycles. The first-order valence-corrected chi connectivity index (χ1v) is 11.1. The van der Waals surface area contributed by atoms with Crippen LogP contribution in [0.3, 0.4) is 0 Å². The normalized spacial score (nSPS) is 25.2. The van der Waals surface area contributed by atoms with E-state index >= 15 is 0 Å². The highest BCUT2D eigenvalue weighted by Gasteiger charge is 2.41. The predicted molar refractivity (Wildman–Crippen MR) is 93.7 cm³/mol. The van der Waals surface area contributed by atoms with Crippen molar-refractivity contribution in [3.63, 3.8) is 0 Å². The molecular weight excluding hydrogens is 328 g/mol. The molecule has 8 heteroatoms. The third-order valence-electron chi connectivity index (χ3n) is 5.07. The number of aryl methyl sites for hydroxylation is 1. The van der Waals surface area contributed by atoms with Crippen LogP contribution in [0.2, 0.25) is 18.1 Å². The number of H-pyrrole nitrogens is 1. The minimum atomic E-state index is -1.94. The van der Waals surface area contributed by atoms with Crippen LogP contribution in [0.4, 0.5) is 0 Å². The van der Waals surface area contributed by atoms with E-state index in [0.29, 0.717) is 12.2 Å². The van der Waals surface area contributed by atoms with Gasteiger partial charge in [-0.05, 0) is 25.1 Å². The molecule has 0 aromatic carbocycles. The molecule has 2 heterocycles. The minimum Gasteiger partial charge on any atom is -0.414 e. The van der Waals surface area contributed by atoms with Gasteiger partial charge in [0.15, 0.2) is 8.32 Å². The Morgan fingerprint density at radius 1 is 1.42 bits per heavy atom. The van der Waals surface area contributed by atoms with Gasteiger partial charge in [0.1, 0.15) is 12.3 Å². The molecule has 3 atom stereocenters. The Kier molecular flexibility index (Phi) is 5.24. The number of aromatic amines is 1. The summed E-state index contributed by atoms with van der Waals surface area (Å²) in [7, 11) is -1.94. The summed E-state index contributed by atoms with van der Waals surface area (Å²) in [5, 5.41) is 10.3. The maximum absolute atomic E-state index is 12.0. The molecule has 2 N–H and O–H groups in total. The topological polar surface area (TPSA) is 93.6 Å². The highest BCUT2D eigenvalue weighted by atomic mass is 28.4. The molecule has 2 unspecified atom stereocenters. The van der Waals surface area contributed by atoms with Gasteiger partial charge in [-0.3, -0.25) is 14.3 Å². The van der Waals surface area contributed by atoms with E-state index in [1.807, 2.05) is 0 Å². The van der Waals surface area contributed by atoms with Crippen molar-refractivity contribution in [1.82, 2.24) is 9.55 Å². The molecule has 0 aliphatic carbocycles. The maximum atomic E-state index is 12.0. The van der Waals surface area contributed by atoms with Crippen molar-refractivity contribution in [2.75, 3.05) is 6.61 Å². The second-order valence-electron chi connectivity index (χ2n) is 7.98. The zero-order valence-corrected chi connectivity index (χ0v) is 16.3. The molecule has 7 nitrogen and oxygen atoms in total. The van der Waals surface area contributed by atoms with Crippen LogP contribution < -0.4 is 11.2 Å². The first-order valence-electron chi connectivity index (χ1n) is 8.22. The first-order chi connectivity index (χ1) is 10.9. The standard InChI is InChI=1S/C16H28N2O5Si/c1-10-8-18(15(21)17-14(10)20)13-7-11(19)12(23-13)9-22-24(5,6)16(2,3)4/h8,11-13,19H,7,9H2,1-6H3,(H,17,20,21)/t11-,12?,13?/m0/s1. The number of hydrogen-bond donors (Lipinski definition) is 2. The molecule has 1 fully saturated rings. The van der Waals surface area contributed by atoms with Crippen LogP contribution in [-0.2, 0) is 9.16 Å². The van der Waals surface area contributed by atoms with Gasteiger partial charge in [0.05, 0.1) is 12.7 Å². The molecule has 136 valence electrons. The quantitative estimate of drug-likeness (QED) is 0.798. The summed E-state index contributed by atoms with van der Waals surface area (Å²) < 4.78 is 13.3. The third kappa shape index (κ3) is 3.88. The van der Waals surface area contributed by atoms with Gasteiger partial charge >= 0.3 is 5.69 Å². The van der Waals surface area contributed by atoms with Gasteiger partial charge in [-0.1, -0.05) is 20.8 Å². The van der Waals surface area contributed by atoms with E-state index in [1.165, 1.54) is 10.8 Å². The summed E-state index contributed by atoms with van der Waals surface area (Å²) in [5.41, 5.74) is -0.518. The van der Waals surface area contributed by atoms with E-state index in [4.69, 9.17) is 9.16 Å². The summed E-state index contributed by atoms with van der Waals surface area (Å²) >= 11 is 0. The highest BCUT2D eigenvalue weighted by Crippen LogP contribution is 2.37. The number of hydrogen-bond acceptors (Lipinski definition) is 5. The minimum absolute atomic E-state index is 0.0723. The van der Waals surface area contributed by atoms with Crippen LogP contribution in [0, 0.1) is 6.92 Å². The second-order valence-corrected chi connectivity index (χ2v) is 12.8. The lowest BCUT2D eigenvalue weighted by molar-refractivity contribution is -0.0433. The van der Waals surface area contributed by atoms with Crippen LogP contribution in [0.15, 0.2) is 15.8 Å². The SMILES string of the molecule is Cc1cn(C2C[C@H](O)C(CO[Si](C)(C)C(C)(C)C)O2)c(=O)[nH]c1=O. The second kappa shape index (κ2) is 6.59. The Bertz CT molecular complexity index is 704. The van der Waals surface area contributed by atoms with Gasteiger partial charge in [-0.15, -0.1) is 0 Å². The number of nitrogens with zero attached hydrogens (tertiary/aromatic N) is 1. The van der Waals surface area contributed by atoms with Gasteiger partial charge in [-0.25, -0.2) is 4.79 Å². The Balaban J connectivity index is 2.09. The van der Waals surface area contributed by atoms with E-state index in [9.17, 15) is 14.7 Å². The van der Waals surface area contributed by atoms with E-state index < -0.39 is 38.0 Å². The predicted octanol–water partition coefficient (Wildman–Crippen LogP) is 1.52. The molecule has 1 saturated heterocycles. The van der Waals surface area contributed by atoms with Crippen LogP contribution in [0.25, 0.3) is 0 Å². The molecule has 1 aliphatic rings. The third-order valence-corrected chi connectivity index (χ3v) is 9.58. The Hall–Kier alpha value is -1.22. The molecule has 0 radical (unpaired) electrons. The number of aromatic nitrogens is 2. The van der Waals surface area contributed by atoms with Crippen molar-refractivity contribution in [2.45, 2.75) is 70.7 Å². The van der Waals surface area contributed by atoms with Crippen molar-refractivity contribution < 1.29 is 14.3 Å². The monoisotopic (exact) mass is 356 g/mol. The fourth-order valence-electron chi connectivity index (χ4n) is 2.34. The van der Waals surface area contributed by atoms with Crippen molar-refractivity contribution in [3.05, 3.63) is 32.6 Å². The number of nitrogens with one attached hydrogen (secondary N) is 1. The van der Waals surface area contributed by atoms with Gasteiger partial charge in [0.2, 0.25) is 0 Å². The average Bonchev–Trinajstić information content (AvgIpc) is 2.80. The van der Waals surface area contributed by atoms with E-state index in [1.54, 1.807) is 6.92 Å². The molecule has 0 bridgehead atoms. The van der Waals surface area contributed by atoms with Gasteiger partial charge in [0, 0.05) is 18.2 Å². The number of ether oxygens (including phenoxy) is 1. The summed E-state index contributed by atoms with van der Waals surface area (Å²) in [4.78, 5) is 25.7. The molecule has 0 amide bonds. The molecule has 0 spiro atoms. The Labute approximate surface area is 142 Å². The summed E-state index contributed by atoms with van der Waals surface area (Å²) in [6, 6.07) is 0. The number of aliphatic hydroxyl groups is 1. The van der Waals surface area contributed by atoms with Gasteiger partial charge < -0.3 is 14.3 Å². The first kappa shape index (κ1) is 19.1. The largest absolute Gasteiger partial charge is 0.414 e. The number of rotatable bonds is 4. The van der Waals surface area contributed by atoms with Crippen molar-refractivity contribution in [2.24, 2.45) is 0 Å². The summed E-state index contributed by atoms with van der Waals surface area (Å²) in [6.07, 6.45) is -0.0368. The molecule has 24 heavy (non-hydrogen) atoms. The lowest BCUT2D eigenvalue weighted by Crippen LogP contribution is -2.43. The van der Waals surface area contributed by atoms with Gasteiger partial charge in [-0.2, -0.15) is 0 Å². The van der Waals surface area contributed by atoms with Crippen LogP contribution in [-0.4, -0.2) is 41.8 Å². The average molecular weight is 356 g/mol. The molecular formula is C16H28N2O5Si. The lowest BCUT2D eigenvalue weighted by atomic mass is 10.2. The van der Waals surface area contributed by atoms with E-state index in [2.05, 4.69) is 38.8 Å². The van der Waals surface area contributed by atoms with Crippen LogP contribution >= 0.6 is 0 Å². The molecule has 2 rings (SSSR count). The van der Waals surface area contributed by atoms with E-state index in [0.717, 1.165) is 0 Å². The zero-order valence-electron chi connectivity index (χ0n) is 15.3. The molecule has 0 saturated carbocycles. The Morgan fingerprint density at radius 2 is 2.04 bits per heavy atom. The molecule has 1 aliphatic heterocycles. The van der Waals surface area contributed by atoms with Crippen molar-refractivity contribution in [3.8, 4) is 0 Å². The smallest absolute Gasteiger partial charge is 0.330 e.